The minimum Gasteiger partial charge on any atom is -0.327 e. The molecule has 0 aromatic rings. The molecule has 0 amide bonds. The molecule has 0 aromatic heterocycles. The highest BCUT2D eigenvalue weighted by molar-refractivity contribution is 4.98. The van der Waals surface area contributed by atoms with Crippen molar-refractivity contribution in [1.82, 2.24) is 0 Å². The first kappa shape index (κ1) is 8.70. The molecular weight excluding hydrogens is 110 g/mol. The maximum atomic E-state index is 5.69. The first-order chi connectivity index (χ1) is 4.09. The molecule has 0 aliphatic heterocycles. The molecule has 0 spiro atoms. The Morgan fingerprint density at radius 3 is 2.11 bits per heavy atom. The maximum absolute atomic E-state index is 5.69. The van der Waals surface area contributed by atoms with Crippen LogP contribution in [-0.4, -0.2) is 6.04 Å². The second kappa shape index (κ2) is 3.67. The standard InChI is InChI=1S/C8H17N/c1-5-8(6(2)3)7(4)9/h7-8H,2,5,9H2,1,3-4H3. The van der Waals surface area contributed by atoms with Gasteiger partial charge in [0.15, 0.2) is 0 Å². The Morgan fingerprint density at radius 2 is 2.11 bits per heavy atom. The van der Waals surface area contributed by atoms with Crippen molar-refractivity contribution in [3.8, 4) is 0 Å². The number of hydrogen-bond acceptors (Lipinski definition) is 1. The number of nitrogens with two attached hydrogens (primary N) is 1. The second-order valence-corrected chi connectivity index (χ2v) is 2.72. The molecule has 0 fully saturated rings. The third-order valence-electron chi connectivity index (χ3n) is 1.71. The third kappa shape index (κ3) is 2.66. The van der Waals surface area contributed by atoms with Crippen LogP contribution >= 0.6 is 0 Å². The highest BCUT2D eigenvalue weighted by Gasteiger charge is 2.10. The molecule has 54 valence electrons. The Bertz CT molecular complexity index is 94.7. The van der Waals surface area contributed by atoms with Gasteiger partial charge in [-0.25, -0.2) is 0 Å². The summed E-state index contributed by atoms with van der Waals surface area (Å²) in [6.45, 7) is 10.1. The summed E-state index contributed by atoms with van der Waals surface area (Å²) in [5.74, 6) is 0.505. The molecule has 1 heteroatoms. The van der Waals surface area contributed by atoms with E-state index >= 15 is 0 Å². The SMILES string of the molecule is C=C(C)C(CC)C(C)N. The fourth-order valence-electron chi connectivity index (χ4n) is 1.17. The molecule has 0 rings (SSSR count). The Kier molecular flexibility index (Phi) is 3.55. The van der Waals surface area contributed by atoms with Gasteiger partial charge in [-0.05, 0) is 26.2 Å². The Morgan fingerprint density at radius 1 is 1.67 bits per heavy atom. The van der Waals surface area contributed by atoms with Crippen LogP contribution in [0.3, 0.4) is 0 Å². The van der Waals surface area contributed by atoms with E-state index in [9.17, 15) is 0 Å². The van der Waals surface area contributed by atoms with Gasteiger partial charge < -0.3 is 5.73 Å². The van der Waals surface area contributed by atoms with Crippen LogP contribution in [0.15, 0.2) is 12.2 Å². The lowest BCUT2D eigenvalue weighted by Gasteiger charge is -2.18. The van der Waals surface area contributed by atoms with Gasteiger partial charge in [-0.2, -0.15) is 0 Å². The van der Waals surface area contributed by atoms with Crippen LogP contribution in [0.4, 0.5) is 0 Å². The average molecular weight is 127 g/mol. The lowest BCUT2D eigenvalue weighted by molar-refractivity contribution is 0.495. The molecular formula is C8H17N. The van der Waals surface area contributed by atoms with Gasteiger partial charge in [-0.15, -0.1) is 0 Å². The summed E-state index contributed by atoms with van der Waals surface area (Å²) in [5, 5.41) is 0. The molecule has 0 saturated heterocycles. The Hall–Kier alpha value is -0.300. The summed E-state index contributed by atoms with van der Waals surface area (Å²) >= 11 is 0. The van der Waals surface area contributed by atoms with Gasteiger partial charge in [0.1, 0.15) is 0 Å². The monoisotopic (exact) mass is 127 g/mol. The largest absolute Gasteiger partial charge is 0.327 e. The van der Waals surface area contributed by atoms with Crippen LogP contribution in [0.1, 0.15) is 27.2 Å². The van der Waals surface area contributed by atoms with Gasteiger partial charge in [0.25, 0.3) is 0 Å². The third-order valence-corrected chi connectivity index (χ3v) is 1.71. The van der Waals surface area contributed by atoms with E-state index in [-0.39, 0.29) is 6.04 Å². The van der Waals surface area contributed by atoms with Crippen LogP contribution in [0, 0.1) is 5.92 Å². The van der Waals surface area contributed by atoms with Gasteiger partial charge in [0.2, 0.25) is 0 Å². The molecule has 0 aliphatic carbocycles. The summed E-state index contributed by atoms with van der Waals surface area (Å²) in [6.07, 6.45) is 1.10. The van der Waals surface area contributed by atoms with E-state index in [1.807, 2.05) is 13.8 Å². The van der Waals surface area contributed by atoms with Crippen molar-refractivity contribution < 1.29 is 0 Å². The summed E-state index contributed by atoms with van der Waals surface area (Å²) in [4.78, 5) is 0. The maximum Gasteiger partial charge on any atom is 0.00757 e. The molecule has 2 atom stereocenters. The van der Waals surface area contributed by atoms with Gasteiger partial charge in [0, 0.05) is 6.04 Å². The summed E-state index contributed by atoms with van der Waals surface area (Å²) < 4.78 is 0. The fraction of sp³-hybridized carbons (Fsp3) is 0.750. The first-order valence-electron chi connectivity index (χ1n) is 3.50. The summed E-state index contributed by atoms with van der Waals surface area (Å²) in [5.41, 5.74) is 6.89. The fourth-order valence-corrected chi connectivity index (χ4v) is 1.17. The Labute approximate surface area is 57.9 Å². The van der Waals surface area contributed by atoms with Crippen LogP contribution in [0.2, 0.25) is 0 Å². The van der Waals surface area contributed by atoms with Gasteiger partial charge in [-0.1, -0.05) is 19.1 Å². The molecule has 0 aromatic carbocycles. The molecule has 0 radical (unpaired) electrons. The molecule has 2 N–H and O–H groups in total. The van der Waals surface area contributed by atoms with Crippen molar-refractivity contribution in [2.45, 2.75) is 33.2 Å². The second-order valence-electron chi connectivity index (χ2n) is 2.72. The lowest BCUT2D eigenvalue weighted by Crippen LogP contribution is -2.26. The summed E-state index contributed by atoms with van der Waals surface area (Å²) in [7, 11) is 0. The van der Waals surface area contributed by atoms with Crippen molar-refractivity contribution in [3.05, 3.63) is 12.2 Å². The van der Waals surface area contributed by atoms with E-state index in [4.69, 9.17) is 5.73 Å². The molecule has 1 nitrogen and oxygen atoms in total. The quantitative estimate of drug-likeness (QED) is 0.576. The zero-order valence-corrected chi connectivity index (χ0v) is 6.65. The highest BCUT2D eigenvalue weighted by atomic mass is 14.6. The smallest absolute Gasteiger partial charge is 0.00757 e. The van der Waals surface area contributed by atoms with Crippen molar-refractivity contribution in [3.63, 3.8) is 0 Å². The zero-order chi connectivity index (χ0) is 7.44. The number of hydrogen-bond donors (Lipinski definition) is 1. The molecule has 0 saturated carbocycles. The van der Waals surface area contributed by atoms with E-state index in [1.54, 1.807) is 0 Å². The minimum absolute atomic E-state index is 0.257. The molecule has 0 aliphatic rings. The van der Waals surface area contributed by atoms with Gasteiger partial charge in [-0.3, -0.25) is 0 Å². The minimum atomic E-state index is 0.257. The average Bonchev–Trinajstić information content (AvgIpc) is 1.64. The van der Waals surface area contributed by atoms with E-state index in [1.165, 1.54) is 5.57 Å². The number of rotatable bonds is 3. The van der Waals surface area contributed by atoms with E-state index in [0.717, 1.165) is 6.42 Å². The molecule has 9 heavy (non-hydrogen) atoms. The zero-order valence-electron chi connectivity index (χ0n) is 6.65. The van der Waals surface area contributed by atoms with Crippen molar-refractivity contribution in [1.29, 1.82) is 0 Å². The normalized spacial score (nSPS) is 16.9. The van der Waals surface area contributed by atoms with Gasteiger partial charge in [0.05, 0.1) is 0 Å². The van der Waals surface area contributed by atoms with Crippen LogP contribution < -0.4 is 5.73 Å². The lowest BCUT2D eigenvalue weighted by atomic mass is 9.93. The molecule has 0 heterocycles. The topological polar surface area (TPSA) is 26.0 Å². The highest BCUT2D eigenvalue weighted by Crippen LogP contribution is 2.14. The predicted octanol–water partition coefficient (Wildman–Crippen LogP) is 1.94. The van der Waals surface area contributed by atoms with Gasteiger partial charge >= 0.3 is 0 Å². The van der Waals surface area contributed by atoms with Crippen LogP contribution in [0.25, 0.3) is 0 Å². The van der Waals surface area contributed by atoms with Crippen LogP contribution in [-0.2, 0) is 0 Å². The van der Waals surface area contributed by atoms with Crippen molar-refractivity contribution >= 4 is 0 Å². The van der Waals surface area contributed by atoms with E-state index in [0.29, 0.717) is 5.92 Å². The van der Waals surface area contributed by atoms with E-state index in [2.05, 4.69) is 13.5 Å². The van der Waals surface area contributed by atoms with Crippen LogP contribution in [0.5, 0.6) is 0 Å². The molecule has 0 bridgehead atoms. The van der Waals surface area contributed by atoms with Crippen molar-refractivity contribution in [2.75, 3.05) is 0 Å². The molecule has 2 unspecified atom stereocenters. The van der Waals surface area contributed by atoms with Crippen molar-refractivity contribution in [2.24, 2.45) is 11.7 Å². The Balaban J connectivity index is 3.83. The summed E-state index contributed by atoms with van der Waals surface area (Å²) in [6, 6.07) is 0.257. The predicted molar refractivity (Wildman–Crippen MR) is 42.2 cm³/mol. The van der Waals surface area contributed by atoms with E-state index < -0.39 is 0 Å². The first-order valence-corrected chi connectivity index (χ1v) is 3.50.